The molecule has 2 heterocycles. The molecule has 2 unspecified atom stereocenters. The topological polar surface area (TPSA) is 90.0 Å². The third-order valence-electron chi connectivity index (χ3n) is 5.32. The first-order valence-corrected chi connectivity index (χ1v) is 8.90. The summed E-state index contributed by atoms with van der Waals surface area (Å²) in [6, 6.07) is 14.6. The number of H-pyrrole nitrogens is 1. The molecule has 4 N–H and O–H groups in total. The van der Waals surface area contributed by atoms with E-state index in [0.717, 1.165) is 33.4 Å². The molecule has 0 fully saturated rings. The highest BCUT2D eigenvalue weighted by molar-refractivity contribution is 5.90. The molecule has 0 saturated carbocycles. The van der Waals surface area contributed by atoms with Crippen LogP contribution in [0.25, 0.3) is 10.9 Å². The first-order valence-electron chi connectivity index (χ1n) is 8.90. The number of methoxy groups -OCH3 is 1. The molecule has 0 aliphatic carbocycles. The lowest BCUT2D eigenvalue weighted by atomic mass is 9.87. The van der Waals surface area contributed by atoms with Crippen LogP contribution in [0.5, 0.6) is 0 Å². The summed E-state index contributed by atoms with van der Waals surface area (Å²) < 4.78 is 5.03. The number of rotatable bonds is 2. The number of quaternary nitrogens is 1. The molecule has 4 rings (SSSR count). The van der Waals surface area contributed by atoms with Crippen LogP contribution in [-0.4, -0.2) is 34.9 Å². The van der Waals surface area contributed by atoms with Gasteiger partial charge in [0.15, 0.2) is 0 Å². The van der Waals surface area contributed by atoms with Crippen LogP contribution in [-0.2, 0) is 20.7 Å². The Hall–Kier alpha value is -3.12. The monoisotopic (exact) mass is 364 g/mol. The number of carbonyl (C=O) groups excluding carboxylic acids is 2. The zero-order valence-electron chi connectivity index (χ0n) is 15.4. The number of ether oxygens (including phenoxy) is 1. The van der Waals surface area contributed by atoms with E-state index >= 15 is 0 Å². The van der Waals surface area contributed by atoms with Crippen LogP contribution < -0.4 is 5.73 Å². The Morgan fingerprint density at radius 1 is 1.15 bits per heavy atom. The van der Waals surface area contributed by atoms with E-state index in [1.54, 1.807) is 4.90 Å². The molecule has 138 valence electrons. The summed E-state index contributed by atoms with van der Waals surface area (Å²) in [5, 5.41) is 1.07. The number of nitrogens with zero attached hydrogens (tertiary/aromatic N) is 1. The van der Waals surface area contributed by atoms with E-state index in [4.69, 9.17) is 4.74 Å². The number of amides is 1. The highest BCUT2D eigenvalue weighted by Crippen LogP contribution is 2.42. The van der Waals surface area contributed by atoms with E-state index in [1.165, 1.54) is 14.0 Å². The number of carbonyl (C=O) groups is 2. The Balaban J connectivity index is 2.01. The van der Waals surface area contributed by atoms with Crippen molar-refractivity contribution in [2.75, 3.05) is 7.11 Å². The van der Waals surface area contributed by atoms with Gasteiger partial charge in [0.25, 0.3) is 0 Å². The van der Waals surface area contributed by atoms with Gasteiger partial charge in [0.05, 0.1) is 7.11 Å². The largest absolute Gasteiger partial charge is 0.467 e. The van der Waals surface area contributed by atoms with Gasteiger partial charge < -0.3 is 20.4 Å². The van der Waals surface area contributed by atoms with Gasteiger partial charge in [0.1, 0.15) is 17.8 Å². The standard InChI is InChI=1S/C21H21N3O3/c1-12(25)24-18(21(26)27-2)11-15-13-7-4-6-10-17(13)23-19(15)20(24)14-8-3-5-9-16(14)22/h3-10,18,20,23H,11,22H2,1-2H3/p+1. The number of benzene rings is 2. The van der Waals surface area contributed by atoms with E-state index < -0.39 is 18.1 Å². The van der Waals surface area contributed by atoms with Gasteiger partial charge in [0, 0.05) is 35.5 Å². The molecular weight excluding hydrogens is 342 g/mol. The van der Waals surface area contributed by atoms with Gasteiger partial charge in [-0.2, -0.15) is 0 Å². The van der Waals surface area contributed by atoms with Crippen LogP contribution in [0, 0.1) is 0 Å². The Morgan fingerprint density at radius 2 is 1.85 bits per heavy atom. The number of aromatic amines is 1. The van der Waals surface area contributed by atoms with Crippen LogP contribution in [0.2, 0.25) is 0 Å². The molecule has 0 bridgehead atoms. The third-order valence-corrected chi connectivity index (χ3v) is 5.32. The van der Waals surface area contributed by atoms with E-state index in [9.17, 15) is 9.59 Å². The molecule has 6 heteroatoms. The van der Waals surface area contributed by atoms with Gasteiger partial charge in [-0.15, -0.1) is 0 Å². The first-order chi connectivity index (χ1) is 13.0. The molecular formula is C21H22N3O3+. The quantitative estimate of drug-likeness (QED) is 0.682. The Bertz CT molecular complexity index is 1040. The highest BCUT2D eigenvalue weighted by Gasteiger charge is 2.43. The van der Waals surface area contributed by atoms with Crippen LogP contribution in [0.1, 0.15) is 29.8 Å². The zero-order valence-corrected chi connectivity index (χ0v) is 15.4. The minimum absolute atomic E-state index is 0.178. The normalized spacial score (nSPS) is 19.0. The second kappa shape index (κ2) is 6.55. The number of fused-ring (bicyclic) bond motifs is 3. The van der Waals surface area contributed by atoms with Crippen molar-refractivity contribution in [3.63, 3.8) is 0 Å². The lowest BCUT2D eigenvalue weighted by molar-refractivity contribution is -0.256. The predicted molar refractivity (Wildman–Crippen MR) is 101 cm³/mol. The third kappa shape index (κ3) is 2.69. The molecule has 1 amide bonds. The van der Waals surface area contributed by atoms with Crippen molar-refractivity contribution in [3.8, 4) is 0 Å². The second-order valence-electron chi connectivity index (χ2n) is 6.83. The average Bonchev–Trinajstić information content (AvgIpc) is 3.05. The SMILES string of the molecule is COC(=O)C1Cc2c([nH]c3ccccc23)C(c2ccccc2[NH3+])N1C(C)=O. The van der Waals surface area contributed by atoms with Crippen molar-refractivity contribution in [1.82, 2.24) is 9.88 Å². The lowest BCUT2D eigenvalue weighted by Crippen LogP contribution is -2.52. The predicted octanol–water partition coefficient (Wildman–Crippen LogP) is 2.08. The first kappa shape index (κ1) is 17.3. The van der Waals surface area contributed by atoms with Crippen LogP contribution in [0.4, 0.5) is 5.69 Å². The van der Waals surface area contributed by atoms with E-state index in [2.05, 4.69) is 10.7 Å². The van der Waals surface area contributed by atoms with Crippen molar-refractivity contribution in [2.45, 2.75) is 25.4 Å². The lowest BCUT2D eigenvalue weighted by Gasteiger charge is -2.40. The second-order valence-corrected chi connectivity index (χ2v) is 6.83. The molecule has 0 spiro atoms. The minimum Gasteiger partial charge on any atom is -0.467 e. The molecule has 2 aromatic carbocycles. The van der Waals surface area contributed by atoms with Gasteiger partial charge in [-0.3, -0.25) is 4.79 Å². The van der Waals surface area contributed by atoms with Crippen LogP contribution >= 0.6 is 0 Å². The Morgan fingerprint density at radius 3 is 2.56 bits per heavy atom. The van der Waals surface area contributed by atoms with E-state index in [0.29, 0.717) is 6.42 Å². The summed E-state index contributed by atoms with van der Waals surface area (Å²) in [6.07, 6.45) is 0.418. The number of esters is 1. The summed E-state index contributed by atoms with van der Waals surface area (Å²) in [5.41, 5.74) is 8.83. The molecule has 2 atom stereocenters. The molecule has 6 nitrogen and oxygen atoms in total. The van der Waals surface area contributed by atoms with E-state index in [-0.39, 0.29) is 5.91 Å². The Labute approximate surface area is 156 Å². The van der Waals surface area contributed by atoms with Crippen molar-refractivity contribution in [2.24, 2.45) is 0 Å². The molecule has 1 aromatic heterocycles. The summed E-state index contributed by atoms with van der Waals surface area (Å²) in [5.74, 6) is -0.587. The molecule has 0 radical (unpaired) electrons. The fourth-order valence-electron chi connectivity index (χ4n) is 4.13. The van der Waals surface area contributed by atoms with Crippen molar-refractivity contribution >= 4 is 28.5 Å². The maximum Gasteiger partial charge on any atom is 0.328 e. The smallest absolute Gasteiger partial charge is 0.328 e. The van der Waals surface area contributed by atoms with Crippen molar-refractivity contribution < 1.29 is 20.1 Å². The molecule has 1 aliphatic heterocycles. The summed E-state index contributed by atoms with van der Waals surface area (Å²) >= 11 is 0. The Kier molecular flexibility index (Phi) is 4.20. The fourth-order valence-corrected chi connectivity index (χ4v) is 4.13. The molecule has 3 aromatic rings. The van der Waals surface area contributed by atoms with E-state index in [1.807, 2.05) is 48.5 Å². The van der Waals surface area contributed by atoms with Gasteiger partial charge >= 0.3 is 5.97 Å². The zero-order chi connectivity index (χ0) is 19.1. The van der Waals surface area contributed by atoms with Crippen molar-refractivity contribution in [1.29, 1.82) is 0 Å². The van der Waals surface area contributed by atoms with Gasteiger partial charge in [-0.25, -0.2) is 4.79 Å². The number of hydrogen-bond acceptors (Lipinski definition) is 3. The minimum atomic E-state index is -0.677. The fraction of sp³-hybridized carbons (Fsp3) is 0.238. The maximum atomic E-state index is 12.6. The highest BCUT2D eigenvalue weighted by atomic mass is 16.5. The van der Waals surface area contributed by atoms with Crippen molar-refractivity contribution in [3.05, 3.63) is 65.4 Å². The molecule has 1 aliphatic rings. The van der Waals surface area contributed by atoms with Gasteiger partial charge in [-0.05, 0) is 17.7 Å². The molecule has 0 saturated heterocycles. The summed E-state index contributed by atoms with van der Waals surface area (Å²) in [4.78, 5) is 30.3. The van der Waals surface area contributed by atoms with Crippen LogP contribution in [0.15, 0.2) is 48.5 Å². The molecule has 27 heavy (non-hydrogen) atoms. The van der Waals surface area contributed by atoms with Gasteiger partial charge in [-0.1, -0.05) is 36.4 Å². The average molecular weight is 364 g/mol. The van der Waals surface area contributed by atoms with Crippen LogP contribution in [0.3, 0.4) is 0 Å². The maximum absolute atomic E-state index is 12.6. The summed E-state index contributed by atoms with van der Waals surface area (Å²) in [7, 11) is 1.36. The number of para-hydroxylation sites is 1. The number of nitrogens with one attached hydrogen (secondary N) is 1. The van der Waals surface area contributed by atoms with Gasteiger partial charge in [0.2, 0.25) is 5.91 Å². The summed E-state index contributed by atoms with van der Waals surface area (Å²) in [6.45, 7) is 1.49. The number of hydrogen-bond donors (Lipinski definition) is 2. The number of aromatic nitrogens is 1.